The number of anilines is 1. The molecule has 0 amide bonds. The first-order valence-electron chi connectivity index (χ1n) is 5.33. The summed E-state index contributed by atoms with van der Waals surface area (Å²) in [5, 5.41) is 12.3. The SMILES string of the molecule is CCNc1nnc(SCc2c(F)cccc2Cl)s1. The largest absolute Gasteiger partial charge is 0.360 e. The predicted molar refractivity (Wildman–Crippen MR) is 75.0 cm³/mol. The van der Waals surface area contributed by atoms with E-state index in [1.54, 1.807) is 12.1 Å². The molecule has 0 saturated heterocycles. The molecule has 1 N–H and O–H groups in total. The molecule has 1 aromatic heterocycles. The first-order valence-corrected chi connectivity index (χ1v) is 7.51. The zero-order chi connectivity index (χ0) is 13.0. The molecule has 96 valence electrons. The lowest BCUT2D eigenvalue weighted by Crippen LogP contribution is -1.94. The van der Waals surface area contributed by atoms with E-state index in [9.17, 15) is 4.39 Å². The van der Waals surface area contributed by atoms with Gasteiger partial charge >= 0.3 is 0 Å². The van der Waals surface area contributed by atoms with Crippen molar-refractivity contribution in [3.05, 3.63) is 34.6 Å². The van der Waals surface area contributed by atoms with Crippen molar-refractivity contribution >= 4 is 39.8 Å². The van der Waals surface area contributed by atoms with Crippen LogP contribution in [0, 0.1) is 5.82 Å². The molecule has 1 aromatic carbocycles. The molecule has 0 saturated carbocycles. The normalized spacial score (nSPS) is 10.6. The van der Waals surface area contributed by atoms with E-state index in [1.165, 1.54) is 29.2 Å². The minimum Gasteiger partial charge on any atom is -0.360 e. The van der Waals surface area contributed by atoms with Crippen LogP contribution < -0.4 is 5.32 Å². The Bertz CT molecular complexity index is 513. The third-order valence-corrected chi connectivity index (χ3v) is 4.53. The lowest BCUT2D eigenvalue weighted by atomic mass is 10.2. The maximum atomic E-state index is 13.5. The summed E-state index contributed by atoms with van der Waals surface area (Å²) in [5.41, 5.74) is 0.504. The summed E-state index contributed by atoms with van der Waals surface area (Å²) in [4.78, 5) is 0. The van der Waals surface area contributed by atoms with Crippen LogP contribution in [-0.4, -0.2) is 16.7 Å². The summed E-state index contributed by atoms with van der Waals surface area (Å²) in [6, 6.07) is 4.69. The smallest absolute Gasteiger partial charge is 0.206 e. The standard InChI is InChI=1S/C11H11ClFN3S2/c1-2-14-10-15-16-11(18-10)17-6-7-8(12)4-3-5-9(7)13/h3-5H,2,6H2,1H3,(H,14,15). The number of benzene rings is 1. The molecule has 0 atom stereocenters. The van der Waals surface area contributed by atoms with Gasteiger partial charge in [-0.3, -0.25) is 0 Å². The van der Waals surface area contributed by atoms with E-state index in [0.717, 1.165) is 16.0 Å². The lowest BCUT2D eigenvalue weighted by Gasteiger charge is -2.03. The highest BCUT2D eigenvalue weighted by Crippen LogP contribution is 2.31. The molecule has 1 heterocycles. The van der Waals surface area contributed by atoms with Crippen LogP contribution in [0.3, 0.4) is 0 Å². The summed E-state index contributed by atoms with van der Waals surface area (Å²) in [6.45, 7) is 2.80. The number of thioether (sulfide) groups is 1. The fourth-order valence-electron chi connectivity index (χ4n) is 1.29. The van der Waals surface area contributed by atoms with Gasteiger partial charge in [-0.25, -0.2) is 4.39 Å². The van der Waals surface area contributed by atoms with E-state index in [1.807, 2.05) is 6.92 Å². The number of nitrogens with one attached hydrogen (secondary N) is 1. The number of halogens is 2. The van der Waals surface area contributed by atoms with E-state index in [0.29, 0.717) is 16.3 Å². The topological polar surface area (TPSA) is 37.8 Å². The Labute approximate surface area is 118 Å². The molecular formula is C11H11ClFN3S2. The third kappa shape index (κ3) is 3.34. The van der Waals surface area contributed by atoms with Crippen molar-refractivity contribution in [1.82, 2.24) is 10.2 Å². The van der Waals surface area contributed by atoms with Gasteiger partial charge in [-0.2, -0.15) is 0 Å². The van der Waals surface area contributed by atoms with Crippen molar-refractivity contribution in [2.75, 3.05) is 11.9 Å². The van der Waals surface area contributed by atoms with Crippen molar-refractivity contribution in [2.24, 2.45) is 0 Å². The van der Waals surface area contributed by atoms with Crippen molar-refractivity contribution in [3.8, 4) is 0 Å². The summed E-state index contributed by atoms with van der Waals surface area (Å²) in [5.74, 6) is 0.165. The molecule has 0 radical (unpaired) electrons. The van der Waals surface area contributed by atoms with Crippen molar-refractivity contribution in [3.63, 3.8) is 0 Å². The summed E-state index contributed by atoms with van der Waals surface area (Å²) >= 11 is 8.83. The van der Waals surface area contributed by atoms with Crippen LogP contribution in [0.2, 0.25) is 5.02 Å². The molecule has 0 aliphatic rings. The van der Waals surface area contributed by atoms with Crippen LogP contribution in [0.4, 0.5) is 9.52 Å². The Morgan fingerprint density at radius 2 is 2.28 bits per heavy atom. The summed E-state index contributed by atoms with van der Waals surface area (Å²) < 4.78 is 14.3. The second kappa shape index (κ2) is 6.36. The fraction of sp³-hybridized carbons (Fsp3) is 0.273. The maximum Gasteiger partial charge on any atom is 0.206 e. The molecule has 0 bridgehead atoms. The van der Waals surface area contributed by atoms with Crippen LogP contribution in [0.25, 0.3) is 0 Å². The van der Waals surface area contributed by atoms with Gasteiger partial charge < -0.3 is 5.32 Å². The van der Waals surface area contributed by atoms with Gasteiger partial charge in [-0.05, 0) is 19.1 Å². The van der Waals surface area contributed by atoms with Crippen molar-refractivity contribution < 1.29 is 4.39 Å². The molecular weight excluding hydrogens is 293 g/mol. The van der Waals surface area contributed by atoms with Crippen LogP contribution in [0.5, 0.6) is 0 Å². The summed E-state index contributed by atoms with van der Waals surface area (Å²) in [7, 11) is 0. The Hall–Kier alpha value is -0.850. The number of hydrogen-bond acceptors (Lipinski definition) is 5. The third-order valence-electron chi connectivity index (χ3n) is 2.14. The minimum absolute atomic E-state index is 0.286. The number of nitrogens with zero attached hydrogens (tertiary/aromatic N) is 2. The Kier molecular flexibility index (Phi) is 4.79. The van der Waals surface area contributed by atoms with Gasteiger partial charge in [0.15, 0.2) is 4.34 Å². The fourth-order valence-corrected chi connectivity index (χ4v) is 3.46. The van der Waals surface area contributed by atoms with E-state index < -0.39 is 0 Å². The van der Waals surface area contributed by atoms with Gasteiger partial charge in [-0.15, -0.1) is 10.2 Å². The maximum absolute atomic E-state index is 13.5. The molecule has 18 heavy (non-hydrogen) atoms. The molecule has 0 spiro atoms. The molecule has 2 rings (SSSR count). The van der Waals surface area contributed by atoms with E-state index in [-0.39, 0.29) is 5.82 Å². The molecule has 3 nitrogen and oxygen atoms in total. The second-order valence-electron chi connectivity index (χ2n) is 3.39. The highest BCUT2D eigenvalue weighted by atomic mass is 35.5. The predicted octanol–water partition coefficient (Wildman–Crippen LogP) is 4.05. The molecule has 0 fully saturated rings. The zero-order valence-electron chi connectivity index (χ0n) is 9.61. The number of hydrogen-bond donors (Lipinski definition) is 1. The quantitative estimate of drug-likeness (QED) is 0.846. The Morgan fingerprint density at radius 3 is 3.00 bits per heavy atom. The lowest BCUT2D eigenvalue weighted by molar-refractivity contribution is 0.617. The molecule has 0 aliphatic heterocycles. The average Bonchev–Trinajstić information content (AvgIpc) is 2.77. The van der Waals surface area contributed by atoms with Gasteiger partial charge in [0, 0.05) is 22.9 Å². The first-order chi connectivity index (χ1) is 8.70. The van der Waals surface area contributed by atoms with Gasteiger partial charge in [0.05, 0.1) is 0 Å². The molecule has 0 aliphatic carbocycles. The van der Waals surface area contributed by atoms with Crippen LogP contribution in [0.15, 0.2) is 22.5 Å². The van der Waals surface area contributed by atoms with E-state index >= 15 is 0 Å². The van der Waals surface area contributed by atoms with Crippen LogP contribution in [0.1, 0.15) is 12.5 Å². The minimum atomic E-state index is -0.286. The number of rotatable bonds is 5. The van der Waals surface area contributed by atoms with Gasteiger partial charge in [0.25, 0.3) is 0 Å². The van der Waals surface area contributed by atoms with Gasteiger partial charge in [0.2, 0.25) is 5.13 Å². The van der Waals surface area contributed by atoms with Crippen LogP contribution in [-0.2, 0) is 5.75 Å². The molecule has 7 heteroatoms. The highest BCUT2D eigenvalue weighted by molar-refractivity contribution is 8.00. The molecule has 0 unspecified atom stereocenters. The van der Waals surface area contributed by atoms with Crippen molar-refractivity contribution in [2.45, 2.75) is 17.0 Å². The zero-order valence-corrected chi connectivity index (χ0v) is 12.0. The van der Waals surface area contributed by atoms with E-state index in [4.69, 9.17) is 11.6 Å². The van der Waals surface area contributed by atoms with Crippen molar-refractivity contribution in [1.29, 1.82) is 0 Å². The van der Waals surface area contributed by atoms with Gasteiger partial charge in [-0.1, -0.05) is 40.8 Å². The summed E-state index contributed by atoms with van der Waals surface area (Å²) in [6.07, 6.45) is 0. The van der Waals surface area contributed by atoms with E-state index in [2.05, 4.69) is 15.5 Å². The second-order valence-corrected chi connectivity index (χ2v) is 6.00. The highest BCUT2D eigenvalue weighted by Gasteiger charge is 2.09. The average molecular weight is 304 g/mol. The Morgan fingerprint density at radius 1 is 1.44 bits per heavy atom. The monoisotopic (exact) mass is 303 g/mol. The molecule has 2 aromatic rings. The number of aromatic nitrogens is 2. The van der Waals surface area contributed by atoms with Gasteiger partial charge in [0.1, 0.15) is 5.82 Å². The first kappa shape index (κ1) is 13.6. The Balaban J connectivity index is 2.02. The van der Waals surface area contributed by atoms with Crippen LogP contribution >= 0.6 is 34.7 Å².